The van der Waals surface area contributed by atoms with Gasteiger partial charge in [-0.1, -0.05) is 0 Å². The first-order chi connectivity index (χ1) is 5.24. The molecular formula is C8H11BrN2. The summed E-state index contributed by atoms with van der Waals surface area (Å²) in [6.07, 6.45) is 2.76. The lowest BCUT2D eigenvalue weighted by Gasteiger charge is -2.00. The molecule has 0 saturated heterocycles. The van der Waals surface area contributed by atoms with Gasteiger partial charge >= 0.3 is 0 Å². The molecule has 1 aromatic rings. The van der Waals surface area contributed by atoms with Gasteiger partial charge in [-0.2, -0.15) is 0 Å². The maximum Gasteiger partial charge on any atom is 0.0514 e. The van der Waals surface area contributed by atoms with Crippen LogP contribution in [0.3, 0.4) is 0 Å². The summed E-state index contributed by atoms with van der Waals surface area (Å²) in [5, 5.41) is 0. The predicted octanol–water partition coefficient (Wildman–Crippen LogP) is 1.65. The first kappa shape index (κ1) is 8.68. The second-order valence-electron chi connectivity index (χ2n) is 2.45. The molecule has 3 heteroatoms. The minimum atomic E-state index is 0.678. The lowest BCUT2D eigenvalue weighted by molar-refractivity contribution is 0.951. The molecule has 60 valence electrons. The van der Waals surface area contributed by atoms with E-state index >= 15 is 0 Å². The number of rotatable bonds is 2. The molecule has 0 aliphatic rings. The first-order valence-corrected chi connectivity index (χ1v) is 4.34. The molecule has 2 nitrogen and oxygen atoms in total. The summed E-state index contributed by atoms with van der Waals surface area (Å²) in [4.78, 5) is 4.19. The fraction of sp³-hybridized carbons (Fsp3) is 0.375. The Morgan fingerprint density at radius 1 is 1.64 bits per heavy atom. The van der Waals surface area contributed by atoms with Crippen LogP contribution in [0.15, 0.2) is 16.7 Å². The quantitative estimate of drug-likeness (QED) is 0.814. The normalized spacial score (nSPS) is 10.1. The van der Waals surface area contributed by atoms with Gasteiger partial charge in [0.1, 0.15) is 0 Å². The zero-order valence-electron chi connectivity index (χ0n) is 6.47. The van der Waals surface area contributed by atoms with Crippen LogP contribution in [0.25, 0.3) is 0 Å². The molecule has 0 saturated carbocycles. The summed E-state index contributed by atoms with van der Waals surface area (Å²) in [6.45, 7) is 2.65. The highest BCUT2D eigenvalue weighted by Crippen LogP contribution is 2.14. The van der Waals surface area contributed by atoms with Crippen LogP contribution in [0.4, 0.5) is 0 Å². The van der Waals surface area contributed by atoms with Gasteiger partial charge in [-0.3, -0.25) is 4.98 Å². The van der Waals surface area contributed by atoms with E-state index in [0.29, 0.717) is 6.54 Å². The molecule has 0 aromatic carbocycles. The molecule has 11 heavy (non-hydrogen) atoms. The SMILES string of the molecule is Cc1ncc(CCN)cc1Br. The smallest absolute Gasteiger partial charge is 0.0514 e. The van der Waals surface area contributed by atoms with E-state index < -0.39 is 0 Å². The van der Waals surface area contributed by atoms with Crippen LogP contribution < -0.4 is 5.73 Å². The van der Waals surface area contributed by atoms with Crippen LogP contribution in [0, 0.1) is 6.92 Å². The average molecular weight is 215 g/mol. The van der Waals surface area contributed by atoms with E-state index in [1.165, 1.54) is 5.56 Å². The van der Waals surface area contributed by atoms with E-state index in [1.54, 1.807) is 0 Å². The van der Waals surface area contributed by atoms with E-state index in [2.05, 4.69) is 27.0 Å². The fourth-order valence-electron chi connectivity index (χ4n) is 0.849. The molecule has 1 rings (SSSR count). The van der Waals surface area contributed by atoms with Gasteiger partial charge in [-0.25, -0.2) is 0 Å². The molecule has 1 heterocycles. The third kappa shape index (κ3) is 2.27. The van der Waals surface area contributed by atoms with Crippen LogP contribution in [0.5, 0.6) is 0 Å². The second kappa shape index (κ2) is 3.83. The minimum Gasteiger partial charge on any atom is -0.330 e. The van der Waals surface area contributed by atoms with Gasteiger partial charge in [-0.15, -0.1) is 0 Å². The number of pyridine rings is 1. The van der Waals surface area contributed by atoms with Crippen molar-refractivity contribution in [3.63, 3.8) is 0 Å². The standard InChI is InChI=1S/C8H11BrN2/c1-6-8(9)4-7(2-3-10)5-11-6/h4-5H,2-3,10H2,1H3. The summed E-state index contributed by atoms with van der Waals surface area (Å²) in [7, 11) is 0. The number of nitrogens with zero attached hydrogens (tertiary/aromatic N) is 1. The Hall–Kier alpha value is -0.410. The van der Waals surface area contributed by atoms with Gasteiger partial charge in [-0.05, 0) is 47.4 Å². The van der Waals surface area contributed by atoms with Crippen LogP contribution in [-0.2, 0) is 6.42 Å². The third-order valence-corrected chi connectivity index (χ3v) is 2.32. The van der Waals surface area contributed by atoms with Gasteiger partial charge in [0, 0.05) is 10.7 Å². The maximum atomic E-state index is 5.41. The van der Waals surface area contributed by atoms with Crippen molar-refractivity contribution in [1.29, 1.82) is 0 Å². The molecule has 0 atom stereocenters. The van der Waals surface area contributed by atoms with Crippen LogP contribution in [-0.4, -0.2) is 11.5 Å². The Morgan fingerprint density at radius 3 is 2.91 bits per heavy atom. The summed E-state index contributed by atoms with van der Waals surface area (Å²) in [6, 6.07) is 2.06. The third-order valence-electron chi connectivity index (χ3n) is 1.51. The van der Waals surface area contributed by atoms with Gasteiger partial charge in [0.25, 0.3) is 0 Å². The molecule has 0 unspecified atom stereocenters. The fourth-order valence-corrected chi connectivity index (χ4v) is 1.25. The number of aryl methyl sites for hydroxylation is 1. The van der Waals surface area contributed by atoms with Gasteiger partial charge in [0.15, 0.2) is 0 Å². The number of hydrogen-bond acceptors (Lipinski definition) is 2. The molecule has 0 fully saturated rings. The van der Waals surface area contributed by atoms with Crippen molar-refractivity contribution in [2.45, 2.75) is 13.3 Å². The zero-order valence-corrected chi connectivity index (χ0v) is 8.06. The van der Waals surface area contributed by atoms with Gasteiger partial charge in [0.05, 0.1) is 5.69 Å². The Labute approximate surface area is 75.0 Å². The topological polar surface area (TPSA) is 38.9 Å². The van der Waals surface area contributed by atoms with Crippen molar-refractivity contribution in [2.24, 2.45) is 5.73 Å². The van der Waals surface area contributed by atoms with Crippen molar-refractivity contribution in [1.82, 2.24) is 4.98 Å². The van der Waals surface area contributed by atoms with E-state index in [1.807, 2.05) is 13.1 Å². The van der Waals surface area contributed by atoms with Gasteiger partial charge < -0.3 is 5.73 Å². The molecule has 0 radical (unpaired) electrons. The molecule has 0 bridgehead atoms. The molecule has 2 N–H and O–H groups in total. The average Bonchev–Trinajstić information content (AvgIpc) is 1.98. The number of nitrogens with two attached hydrogens (primary N) is 1. The largest absolute Gasteiger partial charge is 0.330 e. The summed E-state index contributed by atoms with van der Waals surface area (Å²) >= 11 is 3.41. The number of halogens is 1. The summed E-state index contributed by atoms with van der Waals surface area (Å²) in [5.74, 6) is 0. The lowest BCUT2D eigenvalue weighted by Crippen LogP contribution is -2.03. The van der Waals surface area contributed by atoms with E-state index in [-0.39, 0.29) is 0 Å². The lowest BCUT2D eigenvalue weighted by atomic mass is 10.2. The van der Waals surface area contributed by atoms with E-state index in [0.717, 1.165) is 16.6 Å². The zero-order chi connectivity index (χ0) is 8.27. The summed E-state index contributed by atoms with van der Waals surface area (Å²) < 4.78 is 1.06. The molecule has 0 aliphatic carbocycles. The molecule has 0 aliphatic heterocycles. The maximum absolute atomic E-state index is 5.41. The van der Waals surface area contributed by atoms with Crippen molar-refractivity contribution >= 4 is 15.9 Å². The number of hydrogen-bond donors (Lipinski definition) is 1. The monoisotopic (exact) mass is 214 g/mol. The first-order valence-electron chi connectivity index (χ1n) is 3.55. The predicted molar refractivity (Wildman–Crippen MR) is 49.4 cm³/mol. The highest BCUT2D eigenvalue weighted by atomic mass is 79.9. The molecule has 0 amide bonds. The second-order valence-corrected chi connectivity index (χ2v) is 3.30. The highest BCUT2D eigenvalue weighted by Gasteiger charge is 1.96. The Kier molecular flexibility index (Phi) is 3.02. The van der Waals surface area contributed by atoms with Crippen LogP contribution >= 0.6 is 15.9 Å². The van der Waals surface area contributed by atoms with Crippen LogP contribution in [0.1, 0.15) is 11.3 Å². The van der Waals surface area contributed by atoms with E-state index in [4.69, 9.17) is 5.73 Å². The number of aromatic nitrogens is 1. The highest BCUT2D eigenvalue weighted by molar-refractivity contribution is 9.10. The van der Waals surface area contributed by atoms with Crippen molar-refractivity contribution < 1.29 is 0 Å². The van der Waals surface area contributed by atoms with E-state index in [9.17, 15) is 0 Å². The Bertz CT molecular complexity index is 248. The van der Waals surface area contributed by atoms with Crippen molar-refractivity contribution in [3.05, 3.63) is 28.0 Å². The Balaban J connectivity index is 2.86. The van der Waals surface area contributed by atoms with Gasteiger partial charge in [0.2, 0.25) is 0 Å². The van der Waals surface area contributed by atoms with Crippen LogP contribution in [0.2, 0.25) is 0 Å². The molecular weight excluding hydrogens is 204 g/mol. The molecule has 1 aromatic heterocycles. The van der Waals surface area contributed by atoms with Crippen molar-refractivity contribution in [3.8, 4) is 0 Å². The summed E-state index contributed by atoms with van der Waals surface area (Å²) in [5.41, 5.74) is 7.61. The minimum absolute atomic E-state index is 0.678. The Morgan fingerprint density at radius 2 is 2.36 bits per heavy atom. The van der Waals surface area contributed by atoms with Crippen molar-refractivity contribution in [2.75, 3.05) is 6.54 Å². The molecule has 0 spiro atoms.